The molecule has 0 aliphatic carbocycles. The number of amides is 1. The second-order valence-corrected chi connectivity index (χ2v) is 9.06. The molecule has 0 aliphatic heterocycles. The number of nitrogens with one attached hydrogen (secondary N) is 1. The highest BCUT2D eigenvalue weighted by molar-refractivity contribution is 7.89. The lowest BCUT2D eigenvalue weighted by atomic mass is 10.0. The topological polar surface area (TPSA) is 181 Å². The fraction of sp³-hybridized carbons (Fsp3) is 0.385. The Balaban J connectivity index is 2.81. The first kappa shape index (κ1) is 22.3. The number of phenolic OH excluding ortho intramolecular Hbond substituents is 1. The molecule has 10 nitrogen and oxygen atoms in total. The molecular formula is C13H17ClN2O8S2. The molecule has 0 aromatic heterocycles. The lowest BCUT2D eigenvalue weighted by Crippen LogP contribution is -2.43. The number of hydrogen-bond donors (Lipinski definition) is 4. The van der Waals surface area contributed by atoms with Crippen molar-refractivity contribution in [2.75, 3.05) is 6.26 Å². The molecule has 0 heterocycles. The number of sulfonamides is 1. The van der Waals surface area contributed by atoms with E-state index in [4.69, 9.17) is 21.9 Å². The summed E-state index contributed by atoms with van der Waals surface area (Å²) in [6, 6.07) is 0.723. The van der Waals surface area contributed by atoms with Crippen LogP contribution >= 0.6 is 11.6 Å². The molecule has 26 heavy (non-hydrogen) atoms. The number of hydrogen-bond acceptors (Lipinski definition) is 8. The van der Waals surface area contributed by atoms with Gasteiger partial charge in [0, 0.05) is 23.4 Å². The number of ketones is 1. The van der Waals surface area contributed by atoms with E-state index in [1.54, 1.807) is 4.72 Å². The Morgan fingerprint density at radius 1 is 1.27 bits per heavy atom. The van der Waals surface area contributed by atoms with Crippen molar-refractivity contribution in [2.45, 2.75) is 30.2 Å². The van der Waals surface area contributed by atoms with Crippen molar-refractivity contribution in [3.63, 3.8) is 0 Å². The van der Waals surface area contributed by atoms with Crippen LogP contribution in [-0.4, -0.2) is 50.5 Å². The minimum absolute atomic E-state index is 0.123. The van der Waals surface area contributed by atoms with Gasteiger partial charge in [0.25, 0.3) is 10.1 Å². The van der Waals surface area contributed by atoms with Crippen LogP contribution in [0, 0.1) is 0 Å². The number of benzene rings is 1. The molecular weight excluding hydrogens is 412 g/mol. The molecule has 0 unspecified atom stereocenters. The molecule has 5 N–H and O–H groups in total. The van der Waals surface area contributed by atoms with Crippen LogP contribution < -0.4 is 10.5 Å². The number of Topliss-reactive ketones (excluding diaryl/α,β-unsaturated/α-hetero) is 1. The van der Waals surface area contributed by atoms with Gasteiger partial charge in [-0.25, -0.2) is 8.42 Å². The summed E-state index contributed by atoms with van der Waals surface area (Å²) in [6.07, 6.45) is -0.0784. The first-order valence-corrected chi connectivity index (χ1v) is 10.7. The smallest absolute Gasteiger partial charge is 0.298 e. The molecule has 1 aromatic carbocycles. The zero-order valence-corrected chi connectivity index (χ0v) is 15.9. The Bertz CT molecular complexity index is 928. The molecule has 0 bridgehead atoms. The number of rotatable bonds is 8. The Morgan fingerprint density at radius 3 is 2.35 bits per heavy atom. The van der Waals surface area contributed by atoms with E-state index in [9.17, 15) is 31.5 Å². The van der Waals surface area contributed by atoms with E-state index >= 15 is 0 Å². The molecule has 0 spiro atoms. The maximum absolute atomic E-state index is 12.0. The number of carbonyl (C=O) groups excluding carboxylic acids is 2. The molecule has 1 atom stereocenters. The number of carbonyl (C=O) groups is 2. The SMILES string of the molecule is CS(=O)(=O)NC(=O)[C@@H](N)CCC(=O)Cc1cc(Cl)cc(S(=O)(=O)O)c1O. The van der Waals surface area contributed by atoms with Gasteiger partial charge < -0.3 is 10.8 Å². The third-order valence-corrected chi connectivity index (χ3v) is 4.80. The predicted octanol–water partition coefficient (Wildman–Crippen LogP) is -0.413. The van der Waals surface area contributed by atoms with Crippen molar-refractivity contribution in [2.24, 2.45) is 5.73 Å². The summed E-state index contributed by atoms with van der Waals surface area (Å²) in [5.41, 5.74) is 5.35. The van der Waals surface area contributed by atoms with Gasteiger partial charge in [0.1, 0.15) is 16.4 Å². The molecule has 0 saturated carbocycles. The third-order valence-electron chi connectivity index (χ3n) is 3.14. The summed E-state index contributed by atoms with van der Waals surface area (Å²) in [7, 11) is -8.52. The van der Waals surface area contributed by atoms with Crippen LogP contribution in [0.2, 0.25) is 5.02 Å². The average Bonchev–Trinajstić information content (AvgIpc) is 2.45. The van der Waals surface area contributed by atoms with Gasteiger partial charge in [-0.3, -0.25) is 18.9 Å². The highest BCUT2D eigenvalue weighted by atomic mass is 35.5. The standard InChI is InChI=1S/C13H17ClN2O8S2/c1-25(20,21)16-13(19)10(15)3-2-9(17)5-7-4-8(14)6-11(12(7)18)26(22,23)24/h4,6,10,18H,2-3,5,15H2,1H3,(H,16,19)(H,22,23,24)/t10-/m0/s1. The Labute approximate surface area is 155 Å². The van der Waals surface area contributed by atoms with Gasteiger partial charge in [-0.1, -0.05) is 11.6 Å². The Kier molecular flexibility index (Phi) is 7.13. The monoisotopic (exact) mass is 428 g/mol. The largest absolute Gasteiger partial charge is 0.506 e. The van der Waals surface area contributed by atoms with Gasteiger partial charge >= 0.3 is 0 Å². The van der Waals surface area contributed by atoms with Gasteiger partial charge in [0.05, 0.1) is 12.3 Å². The van der Waals surface area contributed by atoms with Gasteiger partial charge in [0.2, 0.25) is 15.9 Å². The third kappa shape index (κ3) is 6.88. The fourth-order valence-electron chi connectivity index (χ4n) is 1.97. The number of phenols is 1. The number of halogens is 1. The lowest BCUT2D eigenvalue weighted by molar-refractivity contribution is -0.121. The van der Waals surface area contributed by atoms with Crippen molar-refractivity contribution >= 4 is 43.4 Å². The molecule has 13 heteroatoms. The van der Waals surface area contributed by atoms with E-state index in [-0.39, 0.29) is 23.4 Å². The van der Waals surface area contributed by atoms with Gasteiger partial charge in [-0.2, -0.15) is 8.42 Å². The summed E-state index contributed by atoms with van der Waals surface area (Å²) in [5.74, 6) is -2.31. The van der Waals surface area contributed by atoms with Crippen molar-refractivity contribution < 1.29 is 36.1 Å². The molecule has 0 fully saturated rings. The maximum atomic E-state index is 12.0. The highest BCUT2D eigenvalue weighted by Gasteiger charge is 2.22. The van der Waals surface area contributed by atoms with Crippen LogP contribution in [0.4, 0.5) is 0 Å². The van der Waals surface area contributed by atoms with E-state index in [0.29, 0.717) is 0 Å². The summed E-state index contributed by atoms with van der Waals surface area (Å²) >= 11 is 5.71. The zero-order valence-electron chi connectivity index (χ0n) is 13.5. The minimum Gasteiger partial charge on any atom is -0.506 e. The zero-order chi connectivity index (χ0) is 20.3. The minimum atomic E-state index is -4.74. The van der Waals surface area contributed by atoms with Crippen LogP contribution in [0.5, 0.6) is 5.75 Å². The summed E-state index contributed by atoms with van der Waals surface area (Å²) in [5, 5.41) is 9.76. The second kappa shape index (κ2) is 8.31. The van der Waals surface area contributed by atoms with Crippen LogP contribution in [0.1, 0.15) is 18.4 Å². The summed E-state index contributed by atoms with van der Waals surface area (Å²) in [6.45, 7) is 0. The van der Waals surface area contributed by atoms with Gasteiger partial charge in [0.15, 0.2) is 0 Å². The van der Waals surface area contributed by atoms with E-state index in [2.05, 4.69) is 0 Å². The lowest BCUT2D eigenvalue weighted by Gasteiger charge is -2.11. The van der Waals surface area contributed by atoms with Gasteiger partial charge in [-0.05, 0) is 18.6 Å². The Morgan fingerprint density at radius 2 is 1.85 bits per heavy atom. The van der Waals surface area contributed by atoms with Gasteiger partial charge in [-0.15, -0.1) is 0 Å². The van der Waals surface area contributed by atoms with Crippen LogP contribution in [0.3, 0.4) is 0 Å². The van der Waals surface area contributed by atoms with Crippen LogP contribution in [0.25, 0.3) is 0 Å². The van der Waals surface area contributed by atoms with Crippen molar-refractivity contribution in [1.29, 1.82) is 0 Å². The number of aromatic hydroxyl groups is 1. The van der Waals surface area contributed by atoms with Crippen molar-refractivity contribution in [3.05, 3.63) is 22.7 Å². The highest BCUT2D eigenvalue weighted by Crippen LogP contribution is 2.31. The normalized spacial score (nSPS) is 13.2. The first-order valence-electron chi connectivity index (χ1n) is 6.98. The van der Waals surface area contributed by atoms with Crippen LogP contribution in [-0.2, 0) is 36.2 Å². The summed E-state index contributed by atoms with van der Waals surface area (Å²) in [4.78, 5) is 22.6. The van der Waals surface area contributed by atoms with E-state index in [1.807, 2.05) is 0 Å². The Hall–Kier alpha value is -1.73. The van der Waals surface area contributed by atoms with Crippen molar-refractivity contribution in [1.82, 2.24) is 4.72 Å². The molecule has 0 saturated heterocycles. The molecule has 0 aliphatic rings. The van der Waals surface area contributed by atoms with E-state index in [1.165, 1.54) is 0 Å². The molecule has 1 rings (SSSR count). The quantitative estimate of drug-likeness (QED) is 0.400. The van der Waals surface area contributed by atoms with E-state index in [0.717, 1.165) is 18.4 Å². The maximum Gasteiger partial charge on any atom is 0.298 e. The molecule has 1 amide bonds. The second-order valence-electron chi connectivity index (χ2n) is 5.49. The average molecular weight is 429 g/mol. The van der Waals surface area contributed by atoms with Crippen LogP contribution in [0.15, 0.2) is 17.0 Å². The molecule has 0 radical (unpaired) electrons. The predicted molar refractivity (Wildman–Crippen MR) is 91.8 cm³/mol. The molecule has 146 valence electrons. The summed E-state index contributed by atoms with van der Waals surface area (Å²) < 4.78 is 55.0. The van der Waals surface area contributed by atoms with E-state index < -0.39 is 54.9 Å². The fourth-order valence-corrected chi connectivity index (χ4v) is 3.44. The number of nitrogens with two attached hydrogens (primary N) is 1. The first-order chi connectivity index (χ1) is 11.7. The molecule has 1 aromatic rings. The van der Waals surface area contributed by atoms with Crippen molar-refractivity contribution in [3.8, 4) is 5.75 Å².